The van der Waals surface area contributed by atoms with Crippen molar-refractivity contribution in [3.63, 3.8) is 0 Å². The highest BCUT2D eigenvalue weighted by Gasteiger charge is 2.44. The van der Waals surface area contributed by atoms with Crippen LogP contribution in [-0.2, 0) is 22.5 Å². The maximum absolute atomic E-state index is 13.0. The third-order valence-electron chi connectivity index (χ3n) is 6.66. The Kier molecular flexibility index (Phi) is 7.01. The van der Waals surface area contributed by atoms with Gasteiger partial charge in [0.1, 0.15) is 17.8 Å². The quantitative estimate of drug-likeness (QED) is 0.666. The zero-order chi connectivity index (χ0) is 23.3. The number of pyridine rings is 1. The van der Waals surface area contributed by atoms with Gasteiger partial charge in [-0.15, -0.1) is 0 Å². The number of piperidine rings is 1. The van der Waals surface area contributed by atoms with Gasteiger partial charge in [-0.05, 0) is 68.0 Å². The molecule has 0 bridgehead atoms. The highest BCUT2D eigenvalue weighted by Crippen LogP contribution is 2.36. The molecule has 8 heteroatoms. The third kappa shape index (κ3) is 5.21. The summed E-state index contributed by atoms with van der Waals surface area (Å²) in [5.74, 6) is 0.437. The summed E-state index contributed by atoms with van der Waals surface area (Å²) in [6, 6.07) is 9.80. The molecule has 2 aliphatic rings. The predicted octanol–water partition coefficient (Wildman–Crippen LogP) is 3.74. The van der Waals surface area contributed by atoms with Crippen molar-refractivity contribution >= 4 is 17.7 Å². The molecule has 0 saturated carbocycles. The number of anilines is 1. The molecular weight excluding hydrogens is 422 g/mol. The molecular formula is C25H31N3O5. The number of rotatable bonds is 6. The van der Waals surface area contributed by atoms with E-state index in [9.17, 15) is 14.7 Å². The molecule has 33 heavy (non-hydrogen) atoms. The molecule has 1 amide bonds. The molecule has 1 fully saturated rings. The molecule has 4 rings (SSSR count). The summed E-state index contributed by atoms with van der Waals surface area (Å²) >= 11 is 0. The van der Waals surface area contributed by atoms with Crippen molar-refractivity contribution in [1.82, 2.24) is 9.88 Å². The molecule has 1 aromatic heterocycles. The van der Waals surface area contributed by atoms with Crippen molar-refractivity contribution in [2.75, 3.05) is 37.7 Å². The molecule has 0 unspecified atom stereocenters. The summed E-state index contributed by atoms with van der Waals surface area (Å²) in [7, 11) is 0. The van der Waals surface area contributed by atoms with Gasteiger partial charge in [0, 0.05) is 44.3 Å². The van der Waals surface area contributed by atoms with Crippen LogP contribution in [0.1, 0.15) is 37.3 Å². The van der Waals surface area contributed by atoms with Crippen molar-refractivity contribution in [1.29, 1.82) is 0 Å². The van der Waals surface area contributed by atoms with E-state index in [1.165, 1.54) is 4.90 Å². The maximum Gasteiger partial charge on any atom is 0.407 e. The van der Waals surface area contributed by atoms with Crippen molar-refractivity contribution in [3.05, 3.63) is 53.9 Å². The van der Waals surface area contributed by atoms with Crippen LogP contribution < -0.4 is 9.64 Å². The van der Waals surface area contributed by atoms with Crippen LogP contribution in [0.2, 0.25) is 0 Å². The Bertz CT molecular complexity index is 973. The molecule has 1 aromatic carbocycles. The summed E-state index contributed by atoms with van der Waals surface area (Å²) in [6.07, 6.45) is 5.55. The fourth-order valence-electron chi connectivity index (χ4n) is 4.65. The van der Waals surface area contributed by atoms with Gasteiger partial charge in [0.05, 0.1) is 6.61 Å². The van der Waals surface area contributed by atoms with Crippen LogP contribution in [0.3, 0.4) is 0 Å². The molecule has 1 N–H and O–H groups in total. The summed E-state index contributed by atoms with van der Waals surface area (Å²) in [5.41, 5.74) is 2.50. The van der Waals surface area contributed by atoms with Gasteiger partial charge in [0.25, 0.3) is 0 Å². The van der Waals surface area contributed by atoms with E-state index in [1.807, 2.05) is 37.3 Å². The molecule has 3 heterocycles. The van der Waals surface area contributed by atoms with Crippen LogP contribution in [-0.4, -0.2) is 59.9 Å². The number of hydrogen-bond acceptors (Lipinski definition) is 6. The molecule has 2 aromatic rings. The van der Waals surface area contributed by atoms with Crippen LogP contribution in [0.4, 0.5) is 10.5 Å². The second-order valence-electron chi connectivity index (χ2n) is 8.72. The van der Waals surface area contributed by atoms with Gasteiger partial charge in [-0.3, -0.25) is 9.78 Å². The second kappa shape index (κ2) is 10.1. The molecule has 8 nitrogen and oxygen atoms in total. The molecule has 0 aliphatic carbocycles. The minimum Gasteiger partial charge on any atom is -0.492 e. The Morgan fingerprint density at radius 3 is 2.55 bits per heavy atom. The number of aromatic nitrogens is 1. The summed E-state index contributed by atoms with van der Waals surface area (Å²) in [6.45, 7) is 4.72. The van der Waals surface area contributed by atoms with Crippen LogP contribution in [0.15, 0.2) is 42.7 Å². The van der Waals surface area contributed by atoms with E-state index >= 15 is 0 Å². The van der Waals surface area contributed by atoms with Gasteiger partial charge in [-0.2, -0.15) is 0 Å². The highest BCUT2D eigenvalue weighted by molar-refractivity contribution is 5.77. The molecule has 176 valence electrons. The average Bonchev–Trinajstić information content (AvgIpc) is 3.06. The molecule has 0 radical (unpaired) electrons. The van der Waals surface area contributed by atoms with E-state index in [-0.39, 0.29) is 12.6 Å². The van der Waals surface area contributed by atoms with Gasteiger partial charge in [-0.25, -0.2) is 4.79 Å². The van der Waals surface area contributed by atoms with Gasteiger partial charge in [0.15, 0.2) is 0 Å². The fourth-order valence-corrected chi connectivity index (χ4v) is 4.65. The first kappa shape index (κ1) is 22.9. The third-order valence-corrected chi connectivity index (χ3v) is 6.66. The Balaban J connectivity index is 1.47. The van der Waals surface area contributed by atoms with E-state index in [0.717, 1.165) is 42.7 Å². The van der Waals surface area contributed by atoms with E-state index in [4.69, 9.17) is 9.47 Å². The minimum atomic E-state index is -0.906. The first-order chi connectivity index (χ1) is 16.0. The standard InChI is InChI=1S/C25H31N3O5/c1-2-32-23(29)25(9-14-27(15-10-25)21-7-11-26-12-8-21)18-33-22-6-5-19-4-3-13-28(24(30)31)17-20(19)16-22/h5-8,11-12,16H,2-4,9-10,13-15,17-18H2,1H3,(H,30,31). The number of carboxylic acid groups (broad SMARTS) is 1. The van der Waals surface area contributed by atoms with E-state index in [1.54, 1.807) is 12.4 Å². The Hall–Kier alpha value is -3.29. The number of amides is 1. The monoisotopic (exact) mass is 453 g/mol. The smallest absolute Gasteiger partial charge is 0.407 e. The number of aryl methyl sites for hydroxylation is 1. The zero-order valence-corrected chi connectivity index (χ0v) is 19.0. The largest absolute Gasteiger partial charge is 0.492 e. The maximum atomic E-state index is 13.0. The van der Waals surface area contributed by atoms with Crippen LogP contribution in [0.25, 0.3) is 0 Å². The Labute approximate surface area is 194 Å². The molecule has 0 atom stereocenters. The molecule has 2 aliphatic heterocycles. The van der Waals surface area contributed by atoms with Gasteiger partial charge in [0.2, 0.25) is 0 Å². The normalized spacial score (nSPS) is 17.6. The minimum absolute atomic E-state index is 0.216. The van der Waals surface area contributed by atoms with Crippen LogP contribution >= 0.6 is 0 Å². The Morgan fingerprint density at radius 1 is 1.09 bits per heavy atom. The van der Waals surface area contributed by atoms with Crippen molar-refractivity contribution in [2.45, 2.75) is 39.2 Å². The average molecular weight is 454 g/mol. The highest BCUT2D eigenvalue weighted by atomic mass is 16.5. The number of ether oxygens (including phenoxy) is 2. The number of hydrogen-bond donors (Lipinski definition) is 1. The van der Waals surface area contributed by atoms with Crippen LogP contribution in [0, 0.1) is 5.41 Å². The zero-order valence-electron chi connectivity index (χ0n) is 19.0. The predicted molar refractivity (Wildman–Crippen MR) is 123 cm³/mol. The Morgan fingerprint density at radius 2 is 1.85 bits per heavy atom. The van der Waals surface area contributed by atoms with E-state index < -0.39 is 11.5 Å². The lowest BCUT2D eigenvalue weighted by Crippen LogP contribution is -2.48. The van der Waals surface area contributed by atoms with Crippen molar-refractivity contribution < 1.29 is 24.2 Å². The fraction of sp³-hybridized carbons (Fsp3) is 0.480. The lowest BCUT2D eigenvalue weighted by atomic mass is 9.79. The number of benzene rings is 1. The number of carbonyl (C=O) groups is 2. The second-order valence-corrected chi connectivity index (χ2v) is 8.72. The number of fused-ring (bicyclic) bond motifs is 1. The van der Waals surface area contributed by atoms with Gasteiger partial charge in [-0.1, -0.05) is 6.07 Å². The van der Waals surface area contributed by atoms with Crippen molar-refractivity contribution in [2.24, 2.45) is 5.41 Å². The van der Waals surface area contributed by atoms with Crippen molar-refractivity contribution in [3.8, 4) is 5.75 Å². The van der Waals surface area contributed by atoms with Crippen LogP contribution in [0.5, 0.6) is 5.75 Å². The summed E-state index contributed by atoms with van der Waals surface area (Å²) < 4.78 is 11.6. The van der Waals surface area contributed by atoms with E-state index in [2.05, 4.69) is 9.88 Å². The topological polar surface area (TPSA) is 92.2 Å². The molecule has 1 saturated heterocycles. The van der Waals surface area contributed by atoms with Gasteiger partial charge >= 0.3 is 12.1 Å². The number of nitrogens with zero attached hydrogens (tertiary/aromatic N) is 3. The first-order valence-electron chi connectivity index (χ1n) is 11.6. The molecule has 0 spiro atoms. The van der Waals surface area contributed by atoms with E-state index in [0.29, 0.717) is 38.3 Å². The summed E-state index contributed by atoms with van der Waals surface area (Å²) in [4.78, 5) is 32.2. The lowest BCUT2D eigenvalue weighted by Gasteiger charge is -2.40. The first-order valence-corrected chi connectivity index (χ1v) is 11.6. The number of carbonyl (C=O) groups excluding carboxylic acids is 1. The number of esters is 1. The lowest BCUT2D eigenvalue weighted by molar-refractivity contribution is -0.159. The SMILES string of the molecule is CCOC(=O)C1(COc2ccc3c(c2)CN(C(=O)O)CCC3)CCN(c2ccncc2)CC1. The van der Waals surface area contributed by atoms with Gasteiger partial charge < -0.3 is 24.4 Å². The summed E-state index contributed by atoms with van der Waals surface area (Å²) in [5, 5.41) is 9.42.